The van der Waals surface area contributed by atoms with Gasteiger partial charge in [0.1, 0.15) is 0 Å². The Kier molecular flexibility index (Phi) is 7.86. The van der Waals surface area contributed by atoms with E-state index >= 15 is 0 Å². The van der Waals surface area contributed by atoms with E-state index in [1.165, 1.54) is 31.2 Å². The molecule has 0 spiro atoms. The van der Waals surface area contributed by atoms with Crippen molar-refractivity contribution < 1.29 is 18.0 Å². The van der Waals surface area contributed by atoms with Crippen LogP contribution in [0.15, 0.2) is 77.7 Å². The van der Waals surface area contributed by atoms with Crippen LogP contribution in [0.2, 0.25) is 5.02 Å². The molecule has 3 aromatic rings. The fourth-order valence-corrected chi connectivity index (χ4v) is 4.74. The molecule has 2 amide bonds. The molecule has 0 aliphatic rings. The van der Waals surface area contributed by atoms with Crippen molar-refractivity contribution in [1.29, 1.82) is 0 Å². The van der Waals surface area contributed by atoms with Crippen molar-refractivity contribution in [2.24, 2.45) is 0 Å². The lowest BCUT2D eigenvalue weighted by atomic mass is 10.2. The number of sulfonamides is 1. The standard InChI is InChI=1S/C24H24ClN3O4S/c1-17-7-3-6-10-23(17)27-24(30)16-28(15-19-8-4-5-9-22(19)25)33(31,32)21-13-11-20(12-14-21)26-18(2)29/h3-14H,15-16H2,1-2H3,(H,26,29)(H,27,30). The van der Waals surface area contributed by atoms with E-state index in [1.54, 1.807) is 36.4 Å². The SMILES string of the molecule is CC(=O)Nc1ccc(S(=O)(=O)N(CC(=O)Nc2ccccc2C)Cc2ccccc2Cl)cc1. The summed E-state index contributed by atoms with van der Waals surface area (Å²) in [5, 5.41) is 5.77. The molecule has 0 saturated heterocycles. The van der Waals surface area contributed by atoms with Crippen molar-refractivity contribution >= 4 is 44.8 Å². The van der Waals surface area contributed by atoms with Gasteiger partial charge in [0.25, 0.3) is 0 Å². The summed E-state index contributed by atoms with van der Waals surface area (Å²) in [4.78, 5) is 24.0. The zero-order valence-corrected chi connectivity index (χ0v) is 19.8. The Balaban J connectivity index is 1.90. The number of aryl methyl sites for hydroxylation is 1. The van der Waals surface area contributed by atoms with Gasteiger partial charge in [0.15, 0.2) is 0 Å². The number of nitrogens with zero attached hydrogens (tertiary/aromatic N) is 1. The van der Waals surface area contributed by atoms with E-state index < -0.39 is 22.5 Å². The summed E-state index contributed by atoms with van der Waals surface area (Å²) < 4.78 is 28.0. The average Bonchev–Trinajstić information content (AvgIpc) is 2.76. The van der Waals surface area contributed by atoms with Crippen molar-refractivity contribution in [2.75, 3.05) is 17.2 Å². The van der Waals surface area contributed by atoms with Gasteiger partial charge < -0.3 is 10.6 Å². The van der Waals surface area contributed by atoms with Crippen molar-refractivity contribution in [2.45, 2.75) is 25.3 Å². The summed E-state index contributed by atoms with van der Waals surface area (Å²) in [7, 11) is -4.06. The summed E-state index contributed by atoms with van der Waals surface area (Å²) in [5.74, 6) is -0.742. The van der Waals surface area contributed by atoms with Crippen LogP contribution in [0.1, 0.15) is 18.1 Å². The predicted molar refractivity (Wildman–Crippen MR) is 130 cm³/mol. The number of rotatable bonds is 8. The maximum atomic E-state index is 13.5. The van der Waals surface area contributed by atoms with Crippen LogP contribution in [0, 0.1) is 6.92 Å². The first-order valence-electron chi connectivity index (χ1n) is 10.1. The maximum absolute atomic E-state index is 13.5. The van der Waals surface area contributed by atoms with E-state index in [9.17, 15) is 18.0 Å². The number of para-hydroxylation sites is 1. The first-order chi connectivity index (χ1) is 15.7. The summed E-state index contributed by atoms with van der Waals surface area (Å²) in [6.45, 7) is 2.72. The molecule has 0 aromatic heterocycles. The molecular weight excluding hydrogens is 462 g/mol. The molecule has 7 nitrogen and oxygen atoms in total. The lowest BCUT2D eigenvalue weighted by molar-refractivity contribution is -0.116. The van der Waals surface area contributed by atoms with Crippen molar-refractivity contribution in [3.63, 3.8) is 0 Å². The van der Waals surface area contributed by atoms with Crippen LogP contribution in [0.4, 0.5) is 11.4 Å². The maximum Gasteiger partial charge on any atom is 0.243 e. The number of benzene rings is 3. The van der Waals surface area contributed by atoms with Crippen LogP contribution in [-0.2, 0) is 26.2 Å². The molecule has 172 valence electrons. The van der Waals surface area contributed by atoms with E-state index in [-0.39, 0.29) is 17.3 Å². The zero-order chi connectivity index (χ0) is 24.0. The van der Waals surface area contributed by atoms with Gasteiger partial charge in [-0.2, -0.15) is 4.31 Å². The van der Waals surface area contributed by atoms with E-state index in [0.717, 1.165) is 9.87 Å². The molecule has 0 aliphatic carbocycles. The molecule has 0 fully saturated rings. The zero-order valence-electron chi connectivity index (χ0n) is 18.2. The Morgan fingerprint density at radius 3 is 2.18 bits per heavy atom. The number of amides is 2. The Labute approximate surface area is 198 Å². The molecule has 2 N–H and O–H groups in total. The van der Waals surface area contributed by atoms with Crippen LogP contribution in [0.3, 0.4) is 0 Å². The second kappa shape index (κ2) is 10.6. The van der Waals surface area contributed by atoms with E-state index in [4.69, 9.17) is 11.6 Å². The smallest absolute Gasteiger partial charge is 0.243 e. The third-order valence-electron chi connectivity index (χ3n) is 4.86. The predicted octanol–water partition coefficient (Wildman–Crippen LogP) is 4.44. The Hall–Kier alpha value is -3.20. The number of carbonyl (C=O) groups is 2. The highest BCUT2D eigenvalue weighted by atomic mass is 35.5. The molecule has 33 heavy (non-hydrogen) atoms. The van der Waals surface area contributed by atoms with Crippen molar-refractivity contribution in [3.8, 4) is 0 Å². The highest BCUT2D eigenvalue weighted by Crippen LogP contribution is 2.24. The third-order valence-corrected chi connectivity index (χ3v) is 7.03. The molecule has 0 heterocycles. The molecule has 3 rings (SSSR count). The first kappa shape index (κ1) is 24.4. The monoisotopic (exact) mass is 485 g/mol. The highest BCUT2D eigenvalue weighted by molar-refractivity contribution is 7.89. The minimum atomic E-state index is -4.06. The molecule has 0 unspecified atom stereocenters. The fraction of sp³-hybridized carbons (Fsp3) is 0.167. The van der Waals surface area contributed by atoms with Gasteiger partial charge in [-0.15, -0.1) is 0 Å². The molecule has 9 heteroatoms. The number of hydrogen-bond donors (Lipinski definition) is 2. The minimum Gasteiger partial charge on any atom is -0.326 e. The lowest BCUT2D eigenvalue weighted by Crippen LogP contribution is -2.37. The summed E-state index contributed by atoms with van der Waals surface area (Å²) in [5.41, 5.74) is 2.51. The fourth-order valence-electron chi connectivity index (χ4n) is 3.17. The van der Waals surface area contributed by atoms with E-state index in [2.05, 4.69) is 10.6 Å². The highest BCUT2D eigenvalue weighted by Gasteiger charge is 2.27. The van der Waals surface area contributed by atoms with Gasteiger partial charge in [0, 0.05) is 29.9 Å². The number of hydrogen-bond acceptors (Lipinski definition) is 4. The van der Waals surface area contributed by atoms with Crippen LogP contribution >= 0.6 is 11.6 Å². The van der Waals surface area contributed by atoms with Crippen LogP contribution in [-0.4, -0.2) is 31.1 Å². The molecule has 0 saturated carbocycles. The van der Waals surface area contributed by atoms with Crippen molar-refractivity contribution in [3.05, 3.63) is 88.9 Å². The number of carbonyl (C=O) groups excluding carboxylic acids is 2. The van der Waals surface area contributed by atoms with Gasteiger partial charge in [-0.05, 0) is 54.4 Å². The van der Waals surface area contributed by atoms with Gasteiger partial charge in [0.05, 0.1) is 11.4 Å². The van der Waals surface area contributed by atoms with E-state index in [1.807, 2.05) is 19.1 Å². The summed E-state index contributed by atoms with van der Waals surface area (Å²) >= 11 is 6.26. The molecule has 3 aromatic carbocycles. The third kappa shape index (κ3) is 6.41. The van der Waals surface area contributed by atoms with Crippen LogP contribution < -0.4 is 10.6 Å². The minimum absolute atomic E-state index is 0.00709. The number of halogens is 1. The second-order valence-electron chi connectivity index (χ2n) is 7.43. The van der Waals surface area contributed by atoms with Crippen molar-refractivity contribution in [1.82, 2.24) is 4.31 Å². The number of anilines is 2. The normalized spacial score (nSPS) is 11.3. The molecule has 0 atom stereocenters. The molecule has 0 aliphatic heterocycles. The van der Waals surface area contributed by atoms with Crippen LogP contribution in [0.25, 0.3) is 0 Å². The van der Waals surface area contributed by atoms with Gasteiger partial charge >= 0.3 is 0 Å². The van der Waals surface area contributed by atoms with Gasteiger partial charge in [0.2, 0.25) is 21.8 Å². The van der Waals surface area contributed by atoms with Gasteiger partial charge in [-0.3, -0.25) is 9.59 Å². The average molecular weight is 486 g/mol. The number of nitrogens with one attached hydrogen (secondary N) is 2. The summed E-state index contributed by atoms with van der Waals surface area (Å²) in [6, 6.07) is 19.9. The second-order valence-corrected chi connectivity index (χ2v) is 9.78. The van der Waals surface area contributed by atoms with Gasteiger partial charge in [-0.1, -0.05) is 48.0 Å². The molecule has 0 bridgehead atoms. The topological polar surface area (TPSA) is 95.6 Å². The Morgan fingerprint density at radius 1 is 0.909 bits per heavy atom. The van der Waals surface area contributed by atoms with Crippen LogP contribution in [0.5, 0.6) is 0 Å². The lowest BCUT2D eigenvalue weighted by Gasteiger charge is -2.23. The molecule has 0 radical (unpaired) electrons. The summed E-state index contributed by atoms with van der Waals surface area (Å²) in [6.07, 6.45) is 0. The molecular formula is C24H24ClN3O4S. The largest absolute Gasteiger partial charge is 0.326 e. The Bertz CT molecular complexity index is 1260. The first-order valence-corrected chi connectivity index (χ1v) is 12.0. The van der Waals surface area contributed by atoms with Gasteiger partial charge in [-0.25, -0.2) is 8.42 Å². The van der Waals surface area contributed by atoms with E-state index in [0.29, 0.717) is 22.0 Å². The quantitative estimate of drug-likeness (QED) is 0.493. The Morgan fingerprint density at radius 2 is 1.55 bits per heavy atom.